The number of fused-ring (bicyclic) bond motifs is 1. The second-order valence-corrected chi connectivity index (χ2v) is 5.77. The summed E-state index contributed by atoms with van der Waals surface area (Å²) in [6, 6.07) is 7.91. The normalized spacial score (nSPS) is 11.0. The molecule has 0 saturated carbocycles. The van der Waals surface area contributed by atoms with E-state index in [-0.39, 0.29) is 5.56 Å². The van der Waals surface area contributed by atoms with E-state index in [4.69, 9.17) is 5.73 Å². The number of pyridine rings is 1. The number of nitrogens with two attached hydrogens (primary N) is 1. The van der Waals surface area contributed by atoms with Crippen LogP contribution in [0.1, 0.15) is 22.8 Å². The van der Waals surface area contributed by atoms with Gasteiger partial charge in [0.1, 0.15) is 5.52 Å². The van der Waals surface area contributed by atoms with Crippen LogP contribution in [0.25, 0.3) is 22.8 Å². The molecule has 0 spiro atoms. The minimum atomic E-state index is -0.565. The quantitative estimate of drug-likeness (QED) is 0.442. The van der Waals surface area contributed by atoms with Crippen molar-refractivity contribution in [3.8, 4) is 11.6 Å². The van der Waals surface area contributed by atoms with Crippen LogP contribution in [0.5, 0.6) is 0 Å². The number of carbonyl (C=O) groups is 1. The Morgan fingerprint density at radius 1 is 1.23 bits per heavy atom. The summed E-state index contributed by atoms with van der Waals surface area (Å²) in [5, 5.41) is 3.33. The van der Waals surface area contributed by atoms with E-state index in [9.17, 15) is 4.79 Å². The zero-order valence-corrected chi connectivity index (χ0v) is 14.1. The molecule has 0 aliphatic rings. The van der Waals surface area contributed by atoms with Gasteiger partial charge in [0.25, 0.3) is 5.91 Å². The fraction of sp³-hybridized carbons (Fsp3) is 0.111. The van der Waals surface area contributed by atoms with E-state index < -0.39 is 5.91 Å². The first-order valence-electron chi connectivity index (χ1n) is 8.20. The molecule has 1 amide bonds. The van der Waals surface area contributed by atoms with E-state index in [0.29, 0.717) is 28.5 Å². The van der Waals surface area contributed by atoms with E-state index in [1.165, 1.54) is 6.20 Å². The van der Waals surface area contributed by atoms with Gasteiger partial charge in [-0.25, -0.2) is 15.0 Å². The van der Waals surface area contributed by atoms with E-state index in [2.05, 4.69) is 37.2 Å². The number of hydrogen-bond donors (Lipinski definition) is 4. The number of H-pyrrole nitrogens is 2. The van der Waals surface area contributed by atoms with Crippen molar-refractivity contribution in [1.29, 1.82) is 0 Å². The first-order chi connectivity index (χ1) is 12.7. The summed E-state index contributed by atoms with van der Waals surface area (Å²) in [4.78, 5) is 31.0. The SMILES string of the molecule is CCc1ccccc1Nc1c(C(N)=O)cnc2nc(-c3ncc[nH]3)[nH]c12. The first-order valence-corrected chi connectivity index (χ1v) is 8.20. The molecule has 0 saturated heterocycles. The number of aromatic amines is 2. The lowest BCUT2D eigenvalue weighted by Gasteiger charge is -2.13. The van der Waals surface area contributed by atoms with Crippen LogP contribution in [0.15, 0.2) is 42.9 Å². The number of para-hydroxylation sites is 1. The van der Waals surface area contributed by atoms with Crippen LogP contribution >= 0.6 is 0 Å². The van der Waals surface area contributed by atoms with Gasteiger partial charge >= 0.3 is 0 Å². The second-order valence-electron chi connectivity index (χ2n) is 5.77. The van der Waals surface area contributed by atoms with Crippen molar-refractivity contribution in [3.05, 3.63) is 54.0 Å². The molecule has 0 aliphatic carbocycles. The van der Waals surface area contributed by atoms with Crippen LogP contribution in [0.4, 0.5) is 11.4 Å². The number of benzene rings is 1. The summed E-state index contributed by atoms with van der Waals surface area (Å²) >= 11 is 0. The summed E-state index contributed by atoms with van der Waals surface area (Å²) in [5.74, 6) is 0.555. The fourth-order valence-electron chi connectivity index (χ4n) is 2.87. The maximum Gasteiger partial charge on any atom is 0.252 e. The highest BCUT2D eigenvalue weighted by Gasteiger charge is 2.18. The number of primary amides is 1. The predicted molar refractivity (Wildman–Crippen MR) is 99.1 cm³/mol. The van der Waals surface area contributed by atoms with Gasteiger partial charge in [0, 0.05) is 24.3 Å². The molecule has 0 unspecified atom stereocenters. The number of carbonyl (C=O) groups excluding carboxylic acids is 1. The molecule has 130 valence electrons. The lowest BCUT2D eigenvalue weighted by atomic mass is 10.1. The lowest BCUT2D eigenvalue weighted by molar-refractivity contribution is 0.100. The Balaban J connectivity index is 1.90. The maximum atomic E-state index is 11.9. The van der Waals surface area contributed by atoms with E-state index in [1.807, 2.05) is 24.3 Å². The van der Waals surface area contributed by atoms with E-state index in [1.54, 1.807) is 12.4 Å². The van der Waals surface area contributed by atoms with Crippen molar-refractivity contribution >= 4 is 28.4 Å². The van der Waals surface area contributed by atoms with Gasteiger partial charge in [-0.05, 0) is 18.1 Å². The minimum Gasteiger partial charge on any atom is -0.365 e. The van der Waals surface area contributed by atoms with Crippen molar-refractivity contribution in [2.75, 3.05) is 5.32 Å². The molecule has 26 heavy (non-hydrogen) atoms. The highest BCUT2D eigenvalue weighted by molar-refractivity contribution is 6.06. The monoisotopic (exact) mass is 347 g/mol. The van der Waals surface area contributed by atoms with Gasteiger partial charge in [0.05, 0.1) is 11.3 Å². The Morgan fingerprint density at radius 2 is 2.08 bits per heavy atom. The van der Waals surface area contributed by atoms with Crippen LogP contribution in [-0.2, 0) is 6.42 Å². The van der Waals surface area contributed by atoms with Crippen molar-refractivity contribution in [2.24, 2.45) is 5.73 Å². The lowest BCUT2D eigenvalue weighted by Crippen LogP contribution is -2.14. The van der Waals surface area contributed by atoms with Crippen LogP contribution in [0.2, 0.25) is 0 Å². The number of anilines is 2. The number of nitrogens with zero attached hydrogens (tertiary/aromatic N) is 3. The standard InChI is InChI=1S/C18H17N7O/c1-2-10-5-3-4-6-12(10)23-13-11(15(19)26)9-22-16-14(13)24-18(25-16)17-20-7-8-21-17/h3-9H,2H2,1H3,(H2,19,26)(H,20,21)(H2,22,23,24,25). The molecule has 0 radical (unpaired) electrons. The molecule has 1 aromatic carbocycles. The number of rotatable bonds is 5. The van der Waals surface area contributed by atoms with Crippen LogP contribution < -0.4 is 11.1 Å². The fourth-order valence-corrected chi connectivity index (χ4v) is 2.87. The Hall–Kier alpha value is -3.68. The number of aryl methyl sites for hydroxylation is 1. The number of amides is 1. The number of nitrogens with one attached hydrogen (secondary N) is 3. The summed E-state index contributed by atoms with van der Waals surface area (Å²) in [7, 11) is 0. The molecule has 8 nitrogen and oxygen atoms in total. The molecule has 4 aromatic rings. The molecule has 0 aliphatic heterocycles. The van der Waals surface area contributed by atoms with Gasteiger partial charge in [0.15, 0.2) is 17.3 Å². The summed E-state index contributed by atoms with van der Waals surface area (Å²) < 4.78 is 0. The van der Waals surface area contributed by atoms with Crippen molar-refractivity contribution in [3.63, 3.8) is 0 Å². The second kappa shape index (κ2) is 6.32. The molecule has 0 bridgehead atoms. The Morgan fingerprint density at radius 3 is 2.81 bits per heavy atom. The van der Waals surface area contributed by atoms with Gasteiger partial charge in [-0.15, -0.1) is 0 Å². The van der Waals surface area contributed by atoms with Crippen LogP contribution in [0, 0.1) is 0 Å². The van der Waals surface area contributed by atoms with Crippen molar-refractivity contribution in [2.45, 2.75) is 13.3 Å². The third-order valence-electron chi connectivity index (χ3n) is 4.17. The summed E-state index contributed by atoms with van der Waals surface area (Å²) in [6.07, 6.45) is 5.64. The van der Waals surface area contributed by atoms with Crippen LogP contribution in [-0.4, -0.2) is 30.8 Å². The molecule has 4 rings (SSSR count). The van der Waals surface area contributed by atoms with Gasteiger partial charge in [0.2, 0.25) is 0 Å². The van der Waals surface area contributed by atoms with Gasteiger partial charge in [-0.1, -0.05) is 25.1 Å². The zero-order valence-electron chi connectivity index (χ0n) is 14.1. The molecule has 3 aromatic heterocycles. The van der Waals surface area contributed by atoms with Crippen molar-refractivity contribution in [1.82, 2.24) is 24.9 Å². The third-order valence-corrected chi connectivity index (χ3v) is 4.17. The molecular formula is C18H17N7O. The van der Waals surface area contributed by atoms with Crippen molar-refractivity contribution < 1.29 is 4.79 Å². The number of aromatic nitrogens is 5. The molecule has 3 heterocycles. The average Bonchev–Trinajstić information content (AvgIpc) is 3.31. The predicted octanol–water partition coefficient (Wildman–Crippen LogP) is 2.75. The minimum absolute atomic E-state index is 0.290. The first kappa shape index (κ1) is 15.8. The summed E-state index contributed by atoms with van der Waals surface area (Å²) in [6.45, 7) is 2.07. The Kier molecular flexibility index (Phi) is 3.85. The zero-order chi connectivity index (χ0) is 18.1. The molecular weight excluding hydrogens is 330 g/mol. The average molecular weight is 347 g/mol. The smallest absolute Gasteiger partial charge is 0.252 e. The Labute approximate surface area is 148 Å². The highest BCUT2D eigenvalue weighted by atomic mass is 16.1. The highest BCUT2D eigenvalue weighted by Crippen LogP contribution is 2.30. The van der Waals surface area contributed by atoms with Gasteiger partial charge in [-0.3, -0.25) is 4.79 Å². The molecule has 5 N–H and O–H groups in total. The van der Waals surface area contributed by atoms with E-state index >= 15 is 0 Å². The molecule has 0 fully saturated rings. The van der Waals surface area contributed by atoms with E-state index in [0.717, 1.165) is 17.7 Å². The topological polar surface area (TPSA) is 125 Å². The third kappa shape index (κ3) is 2.67. The largest absolute Gasteiger partial charge is 0.365 e. The Bertz CT molecular complexity index is 1080. The number of imidazole rings is 2. The molecule has 8 heteroatoms. The van der Waals surface area contributed by atoms with Gasteiger partial charge in [-0.2, -0.15) is 0 Å². The van der Waals surface area contributed by atoms with Crippen LogP contribution in [0.3, 0.4) is 0 Å². The summed E-state index contributed by atoms with van der Waals surface area (Å²) in [5.41, 5.74) is 9.49. The maximum absolute atomic E-state index is 11.9. The molecule has 0 atom stereocenters. The van der Waals surface area contributed by atoms with Gasteiger partial charge < -0.3 is 21.0 Å². The number of hydrogen-bond acceptors (Lipinski definition) is 5.